The zero-order valence-corrected chi connectivity index (χ0v) is 16.4. The number of methoxy groups -OCH3 is 1. The first-order valence-corrected chi connectivity index (χ1v) is 9.16. The lowest BCUT2D eigenvalue weighted by Crippen LogP contribution is -2.30. The van der Waals surface area contributed by atoms with E-state index in [2.05, 4.69) is 0 Å². The van der Waals surface area contributed by atoms with E-state index in [-0.39, 0.29) is 12.5 Å². The van der Waals surface area contributed by atoms with E-state index < -0.39 is 5.97 Å². The van der Waals surface area contributed by atoms with Gasteiger partial charge in [-0.15, -0.1) is 0 Å². The first kappa shape index (κ1) is 20.3. The number of esters is 1. The van der Waals surface area contributed by atoms with Crippen LogP contribution in [-0.2, 0) is 20.9 Å². The molecule has 3 rings (SSSR count). The van der Waals surface area contributed by atoms with E-state index >= 15 is 0 Å². The van der Waals surface area contributed by atoms with Gasteiger partial charge in [0, 0.05) is 19.7 Å². The molecule has 152 valence electrons. The summed E-state index contributed by atoms with van der Waals surface area (Å²) in [5.41, 5.74) is 1.69. The monoisotopic (exact) mass is 397 g/mol. The summed E-state index contributed by atoms with van der Waals surface area (Å²) in [6, 6.07) is 12.8. The lowest BCUT2D eigenvalue weighted by molar-refractivity contribution is -0.147. The molecule has 0 N–H and O–H groups in total. The standard InChI is InChI=1S/C22H23NO6/c1-23(14-17-6-8-19-20(13-17)28-11-10-27-19)21(24)15-29-22(25)9-7-16-4-3-5-18(12-16)26-2/h3-9,12-13H,10-11,14-15H2,1-2H3/b9-7+. The zero-order valence-electron chi connectivity index (χ0n) is 16.4. The van der Waals surface area contributed by atoms with Crippen molar-refractivity contribution in [3.8, 4) is 17.2 Å². The zero-order chi connectivity index (χ0) is 20.6. The Morgan fingerprint density at radius 3 is 2.69 bits per heavy atom. The highest BCUT2D eigenvalue weighted by atomic mass is 16.6. The van der Waals surface area contributed by atoms with Crippen LogP contribution in [0.15, 0.2) is 48.5 Å². The SMILES string of the molecule is COc1cccc(/C=C/C(=O)OCC(=O)N(C)Cc2ccc3c(c2)OCCO3)c1. The fourth-order valence-electron chi connectivity index (χ4n) is 2.75. The van der Waals surface area contributed by atoms with Gasteiger partial charge in [-0.2, -0.15) is 0 Å². The Morgan fingerprint density at radius 2 is 1.90 bits per heavy atom. The third kappa shape index (κ3) is 5.75. The van der Waals surface area contributed by atoms with Gasteiger partial charge in [0.1, 0.15) is 19.0 Å². The third-order valence-corrected chi connectivity index (χ3v) is 4.30. The molecule has 0 saturated heterocycles. The van der Waals surface area contributed by atoms with E-state index in [9.17, 15) is 9.59 Å². The molecule has 0 atom stereocenters. The van der Waals surface area contributed by atoms with E-state index in [4.69, 9.17) is 18.9 Å². The molecule has 7 nitrogen and oxygen atoms in total. The second-order valence-electron chi connectivity index (χ2n) is 6.45. The van der Waals surface area contributed by atoms with Crippen LogP contribution in [0.2, 0.25) is 0 Å². The molecule has 1 aliphatic heterocycles. The number of benzene rings is 2. The predicted molar refractivity (Wildman–Crippen MR) is 107 cm³/mol. The lowest BCUT2D eigenvalue weighted by atomic mass is 10.2. The van der Waals surface area contributed by atoms with Crippen molar-refractivity contribution in [3.63, 3.8) is 0 Å². The number of carbonyl (C=O) groups is 2. The van der Waals surface area contributed by atoms with Crippen molar-refractivity contribution < 1.29 is 28.5 Å². The Bertz CT molecular complexity index is 908. The van der Waals surface area contributed by atoms with Crippen LogP contribution < -0.4 is 14.2 Å². The molecule has 7 heteroatoms. The Kier molecular flexibility index (Phi) is 6.73. The summed E-state index contributed by atoms with van der Waals surface area (Å²) in [5, 5.41) is 0. The average molecular weight is 397 g/mol. The number of amides is 1. The second kappa shape index (κ2) is 9.64. The number of nitrogens with zero attached hydrogens (tertiary/aromatic N) is 1. The van der Waals surface area contributed by atoms with Crippen molar-refractivity contribution in [3.05, 3.63) is 59.7 Å². The molecule has 0 spiro atoms. The maximum atomic E-state index is 12.3. The Labute approximate surface area is 169 Å². The van der Waals surface area contributed by atoms with E-state index in [1.807, 2.05) is 36.4 Å². The van der Waals surface area contributed by atoms with Gasteiger partial charge < -0.3 is 23.8 Å². The molecule has 0 aromatic heterocycles. The number of likely N-dealkylation sites (N-methyl/N-ethyl adjacent to an activating group) is 1. The summed E-state index contributed by atoms with van der Waals surface area (Å²) < 4.78 is 21.2. The van der Waals surface area contributed by atoms with Crippen LogP contribution in [0.4, 0.5) is 0 Å². The molecule has 0 unspecified atom stereocenters. The van der Waals surface area contributed by atoms with Gasteiger partial charge in [-0.25, -0.2) is 4.79 Å². The van der Waals surface area contributed by atoms with Gasteiger partial charge in [0.25, 0.3) is 5.91 Å². The van der Waals surface area contributed by atoms with Crippen molar-refractivity contribution in [1.82, 2.24) is 4.90 Å². The summed E-state index contributed by atoms with van der Waals surface area (Å²) in [5.74, 6) is 1.17. The van der Waals surface area contributed by atoms with Gasteiger partial charge in [-0.1, -0.05) is 18.2 Å². The molecule has 2 aromatic carbocycles. The second-order valence-corrected chi connectivity index (χ2v) is 6.45. The van der Waals surface area contributed by atoms with E-state index in [1.165, 1.54) is 11.0 Å². The number of hydrogen-bond acceptors (Lipinski definition) is 6. The van der Waals surface area contributed by atoms with Gasteiger partial charge in [0.15, 0.2) is 18.1 Å². The molecule has 1 amide bonds. The molecule has 0 aliphatic carbocycles. The smallest absolute Gasteiger partial charge is 0.331 e. The van der Waals surface area contributed by atoms with Crippen molar-refractivity contribution >= 4 is 18.0 Å². The molecule has 0 radical (unpaired) electrons. The molecule has 0 saturated carbocycles. The first-order chi connectivity index (χ1) is 14.0. The molecule has 1 heterocycles. The number of fused-ring (bicyclic) bond motifs is 1. The van der Waals surface area contributed by atoms with Gasteiger partial charge in [0.2, 0.25) is 0 Å². The van der Waals surface area contributed by atoms with Crippen molar-refractivity contribution in [1.29, 1.82) is 0 Å². The summed E-state index contributed by atoms with van der Waals surface area (Å²) >= 11 is 0. The Balaban J connectivity index is 1.48. The van der Waals surface area contributed by atoms with Crippen LogP contribution in [-0.4, -0.2) is 50.8 Å². The van der Waals surface area contributed by atoms with Gasteiger partial charge >= 0.3 is 5.97 Å². The Hall–Kier alpha value is -3.48. The third-order valence-electron chi connectivity index (χ3n) is 4.30. The molecule has 1 aliphatic rings. The van der Waals surface area contributed by atoms with Crippen LogP contribution in [0.25, 0.3) is 6.08 Å². The van der Waals surface area contributed by atoms with Crippen LogP contribution in [0.1, 0.15) is 11.1 Å². The minimum absolute atomic E-state index is 0.303. The van der Waals surface area contributed by atoms with E-state index in [0.717, 1.165) is 11.1 Å². The van der Waals surface area contributed by atoms with Crippen molar-refractivity contribution in [2.45, 2.75) is 6.54 Å². The quantitative estimate of drug-likeness (QED) is 0.528. The highest BCUT2D eigenvalue weighted by Gasteiger charge is 2.15. The minimum Gasteiger partial charge on any atom is -0.497 e. The number of ether oxygens (including phenoxy) is 4. The molecule has 2 aromatic rings. The molecular weight excluding hydrogens is 374 g/mol. The minimum atomic E-state index is -0.589. The summed E-state index contributed by atoms with van der Waals surface area (Å²) in [7, 11) is 3.23. The largest absolute Gasteiger partial charge is 0.497 e. The fraction of sp³-hybridized carbons (Fsp3) is 0.273. The Morgan fingerprint density at radius 1 is 1.10 bits per heavy atom. The number of hydrogen-bond donors (Lipinski definition) is 0. The predicted octanol–water partition coefficient (Wildman–Crippen LogP) is 2.68. The van der Waals surface area contributed by atoms with Gasteiger partial charge in [0.05, 0.1) is 7.11 Å². The molecular formula is C22H23NO6. The fourth-order valence-corrected chi connectivity index (χ4v) is 2.75. The van der Waals surface area contributed by atoms with Crippen molar-refractivity contribution in [2.24, 2.45) is 0 Å². The van der Waals surface area contributed by atoms with Crippen LogP contribution >= 0.6 is 0 Å². The summed E-state index contributed by atoms with van der Waals surface area (Å²) in [4.78, 5) is 25.6. The first-order valence-electron chi connectivity index (χ1n) is 9.16. The highest BCUT2D eigenvalue weighted by molar-refractivity contribution is 5.89. The van der Waals surface area contributed by atoms with Gasteiger partial charge in [-0.3, -0.25) is 4.79 Å². The van der Waals surface area contributed by atoms with Crippen LogP contribution in [0.5, 0.6) is 17.2 Å². The van der Waals surface area contributed by atoms with E-state index in [0.29, 0.717) is 37.0 Å². The lowest BCUT2D eigenvalue weighted by Gasteiger charge is -2.21. The maximum absolute atomic E-state index is 12.3. The molecule has 0 fully saturated rings. The summed E-state index contributed by atoms with van der Waals surface area (Å²) in [6.07, 6.45) is 2.89. The van der Waals surface area contributed by atoms with Crippen LogP contribution in [0, 0.1) is 0 Å². The number of rotatable bonds is 7. The molecule has 29 heavy (non-hydrogen) atoms. The highest BCUT2D eigenvalue weighted by Crippen LogP contribution is 2.31. The van der Waals surface area contributed by atoms with E-state index in [1.54, 1.807) is 26.3 Å². The summed E-state index contributed by atoms with van der Waals surface area (Å²) in [6.45, 7) is 1.07. The normalized spacial score (nSPS) is 12.5. The molecule has 0 bridgehead atoms. The maximum Gasteiger partial charge on any atom is 0.331 e. The van der Waals surface area contributed by atoms with Crippen LogP contribution in [0.3, 0.4) is 0 Å². The van der Waals surface area contributed by atoms with Crippen molar-refractivity contribution in [2.75, 3.05) is 34.0 Å². The number of carbonyl (C=O) groups excluding carboxylic acids is 2. The van der Waals surface area contributed by atoms with Gasteiger partial charge in [-0.05, 0) is 41.5 Å². The topological polar surface area (TPSA) is 74.3 Å². The average Bonchev–Trinajstić information content (AvgIpc) is 2.76.